The molecule has 0 saturated carbocycles. The first-order valence-electron chi connectivity index (χ1n) is 8.29. The predicted octanol–water partition coefficient (Wildman–Crippen LogP) is 4.84. The van der Waals surface area contributed by atoms with Crippen LogP contribution in [0.2, 0.25) is 0 Å². The van der Waals surface area contributed by atoms with Gasteiger partial charge in [-0.05, 0) is 36.2 Å². The fraction of sp³-hybridized carbons (Fsp3) is 0.200. The second-order valence-electron chi connectivity index (χ2n) is 5.73. The highest BCUT2D eigenvalue weighted by atomic mass is 32.2. The lowest BCUT2D eigenvalue weighted by atomic mass is 10.0. The van der Waals surface area contributed by atoms with Crippen molar-refractivity contribution in [3.63, 3.8) is 0 Å². The first-order valence-corrected chi connectivity index (χ1v) is 9.11. The number of nitrogens with zero attached hydrogens (tertiary/aromatic N) is 1. The van der Waals surface area contributed by atoms with Gasteiger partial charge in [0.2, 0.25) is 5.90 Å². The Labute approximate surface area is 155 Å². The van der Waals surface area contributed by atoms with Crippen molar-refractivity contribution in [2.75, 3.05) is 13.7 Å². The molecule has 2 aliphatic rings. The number of methoxy groups -OCH3 is 1. The van der Waals surface area contributed by atoms with Crippen LogP contribution in [0, 0.1) is 0 Å². The van der Waals surface area contributed by atoms with Crippen LogP contribution >= 0.6 is 11.8 Å². The van der Waals surface area contributed by atoms with Gasteiger partial charge in [0.15, 0.2) is 0 Å². The Kier molecular flexibility index (Phi) is 4.42. The summed E-state index contributed by atoms with van der Waals surface area (Å²) in [6.07, 6.45) is -0.740. The van der Waals surface area contributed by atoms with Gasteiger partial charge in [-0.15, -0.1) is 0 Å². The van der Waals surface area contributed by atoms with Gasteiger partial charge < -0.3 is 14.2 Å². The van der Waals surface area contributed by atoms with E-state index in [1.807, 2.05) is 36.4 Å². The van der Waals surface area contributed by atoms with E-state index in [1.165, 1.54) is 4.90 Å². The molecule has 5 nitrogen and oxygen atoms in total. The van der Waals surface area contributed by atoms with Crippen molar-refractivity contribution in [3.8, 4) is 5.75 Å². The maximum atomic E-state index is 11.9. The summed E-state index contributed by atoms with van der Waals surface area (Å²) < 4.78 is 15.6. The highest BCUT2D eigenvalue weighted by molar-refractivity contribution is 8.03. The largest absolute Gasteiger partial charge is 0.515 e. The normalized spacial score (nSPS) is 17.5. The summed E-state index contributed by atoms with van der Waals surface area (Å²) in [6.45, 7) is 1.99. The van der Waals surface area contributed by atoms with E-state index in [-0.39, 0.29) is 12.6 Å². The monoisotopic (exact) mass is 367 g/mol. The van der Waals surface area contributed by atoms with Gasteiger partial charge in [-0.25, -0.2) is 9.79 Å². The molecule has 0 spiro atoms. The molecule has 0 amide bonds. The van der Waals surface area contributed by atoms with Gasteiger partial charge in [0.25, 0.3) is 0 Å². The minimum atomic E-state index is -0.740. The Hall–Kier alpha value is -2.73. The molecule has 2 aromatic rings. The molecule has 2 heterocycles. The van der Waals surface area contributed by atoms with Crippen molar-refractivity contribution in [2.45, 2.75) is 17.9 Å². The summed E-state index contributed by atoms with van der Waals surface area (Å²) in [5.41, 5.74) is 2.87. The zero-order valence-electron chi connectivity index (χ0n) is 14.4. The van der Waals surface area contributed by atoms with Gasteiger partial charge in [-0.3, -0.25) is 0 Å². The Balaban J connectivity index is 1.77. The SMILES string of the molecule is CCOC(=O)OC1=NC2C(=C1c1ccc(OC)cc1)Sc1ccccc12. The van der Waals surface area contributed by atoms with Crippen LogP contribution in [0.1, 0.15) is 24.1 Å². The van der Waals surface area contributed by atoms with E-state index in [9.17, 15) is 4.79 Å². The van der Waals surface area contributed by atoms with E-state index in [0.717, 1.165) is 27.4 Å². The van der Waals surface area contributed by atoms with E-state index in [0.29, 0.717) is 5.90 Å². The number of hydrogen-bond acceptors (Lipinski definition) is 6. The third-order valence-corrected chi connectivity index (χ3v) is 5.45. The van der Waals surface area contributed by atoms with Gasteiger partial charge >= 0.3 is 6.16 Å². The Morgan fingerprint density at radius 1 is 1.15 bits per heavy atom. The van der Waals surface area contributed by atoms with Crippen LogP contribution in [-0.4, -0.2) is 25.8 Å². The molecule has 2 aromatic carbocycles. The molecule has 26 heavy (non-hydrogen) atoms. The fourth-order valence-electron chi connectivity index (χ4n) is 3.05. The van der Waals surface area contributed by atoms with Crippen LogP contribution < -0.4 is 4.74 Å². The molecule has 0 aliphatic carbocycles. The molecule has 6 heteroatoms. The van der Waals surface area contributed by atoms with Crippen molar-refractivity contribution >= 4 is 29.4 Å². The van der Waals surface area contributed by atoms with Gasteiger partial charge in [0, 0.05) is 9.80 Å². The number of carbonyl (C=O) groups is 1. The van der Waals surface area contributed by atoms with Crippen LogP contribution in [0.4, 0.5) is 4.79 Å². The standard InChI is InChI=1S/C20H17NO4S/c1-3-24-20(22)25-19-16(12-8-10-13(23-2)11-9-12)18-17(21-19)14-6-4-5-7-15(14)26-18/h4-11,17H,3H2,1-2H3. The number of rotatable bonds is 3. The molecule has 2 aliphatic heterocycles. The third-order valence-electron chi connectivity index (χ3n) is 4.21. The first-order chi connectivity index (χ1) is 12.7. The molecule has 132 valence electrons. The maximum Gasteiger partial charge on any atom is 0.515 e. The summed E-state index contributed by atoms with van der Waals surface area (Å²) >= 11 is 1.67. The molecule has 0 bridgehead atoms. The number of ether oxygens (including phenoxy) is 3. The molecule has 0 radical (unpaired) electrons. The van der Waals surface area contributed by atoms with Gasteiger partial charge in [-0.1, -0.05) is 42.1 Å². The van der Waals surface area contributed by atoms with Crippen LogP contribution in [0.15, 0.2) is 63.3 Å². The highest BCUT2D eigenvalue weighted by Crippen LogP contribution is 2.55. The molecule has 1 atom stereocenters. The van der Waals surface area contributed by atoms with Crippen LogP contribution in [0.3, 0.4) is 0 Å². The minimum absolute atomic E-state index is 0.141. The zero-order chi connectivity index (χ0) is 18.1. The lowest BCUT2D eigenvalue weighted by Crippen LogP contribution is -2.14. The number of aliphatic imine (C=N–C) groups is 1. The molecular formula is C20H17NO4S. The predicted molar refractivity (Wildman–Crippen MR) is 100 cm³/mol. The number of fused-ring (bicyclic) bond motifs is 3. The molecule has 4 rings (SSSR count). The highest BCUT2D eigenvalue weighted by Gasteiger charge is 2.39. The van der Waals surface area contributed by atoms with Crippen LogP contribution in [0.5, 0.6) is 5.75 Å². The lowest BCUT2D eigenvalue weighted by Gasteiger charge is -2.10. The topological polar surface area (TPSA) is 57.1 Å². The summed E-state index contributed by atoms with van der Waals surface area (Å²) in [6, 6.07) is 15.7. The van der Waals surface area contributed by atoms with Crippen molar-refractivity contribution in [1.29, 1.82) is 0 Å². The third kappa shape index (κ3) is 2.86. The fourth-order valence-corrected chi connectivity index (χ4v) is 4.32. The van der Waals surface area contributed by atoms with Crippen LogP contribution in [0.25, 0.3) is 5.57 Å². The molecule has 0 N–H and O–H groups in total. The van der Waals surface area contributed by atoms with Crippen molar-refractivity contribution in [3.05, 3.63) is 64.6 Å². The molecule has 0 fully saturated rings. The number of carbonyl (C=O) groups excluding carboxylic acids is 1. The Bertz CT molecular complexity index is 918. The second kappa shape index (κ2) is 6.88. The summed E-state index contributed by atoms with van der Waals surface area (Å²) in [5, 5.41) is 0. The summed E-state index contributed by atoms with van der Waals surface area (Å²) in [7, 11) is 1.63. The van der Waals surface area contributed by atoms with Crippen molar-refractivity contribution in [1.82, 2.24) is 0 Å². The minimum Gasteiger partial charge on any atom is -0.497 e. The summed E-state index contributed by atoms with van der Waals surface area (Å²) in [5.74, 6) is 1.07. The van der Waals surface area contributed by atoms with Crippen LogP contribution in [-0.2, 0) is 9.47 Å². The molecule has 0 saturated heterocycles. The first kappa shape index (κ1) is 16.7. The number of benzene rings is 2. The van der Waals surface area contributed by atoms with E-state index in [4.69, 9.17) is 14.2 Å². The van der Waals surface area contributed by atoms with Gasteiger partial charge in [0.1, 0.15) is 11.8 Å². The lowest BCUT2D eigenvalue weighted by molar-refractivity contribution is 0.101. The van der Waals surface area contributed by atoms with E-state index in [2.05, 4.69) is 17.1 Å². The maximum absolute atomic E-state index is 11.9. The van der Waals surface area contributed by atoms with E-state index >= 15 is 0 Å². The quantitative estimate of drug-likeness (QED) is 0.727. The average molecular weight is 367 g/mol. The zero-order valence-corrected chi connectivity index (χ0v) is 15.2. The van der Waals surface area contributed by atoms with Gasteiger partial charge in [-0.2, -0.15) is 0 Å². The van der Waals surface area contributed by atoms with E-state index < -0.39 is 6.16 Å². The summed E-state index contributed by atoms with van der Waals surface area (Å²) in [4.78, 5) is 18.8. The smallest absolute Gasteiger partial charge is 0.497 e. The van der Waals surface area contributed by atoms with E-state index in [1.54, 1.807) is 25.8 Å². The Morgan fingerprint density at radius 2 is 1.92 bits per heavy atom. The van der Waals surface area contributed by atoms with Crippen molar-refractivity contribution < 1.29 is 19.0 Å². The van der Waals surface area contributed by atoms with Gasteiger partial charge in [0.05, 0.1) is 19.3 Å². The average Bonchev–Trinajstić information content (AvgIpc) is 3.17. The number of hydrogen-bond donors (Lipinski definition) is 0. The van der Waals surface area contributed by atoms with Crippen molar-refractivity contribution in [2.24, 2.45) is 4.99 Å². The number of thioether (sulfide) groups is 1. The molecular weight excluding hydrogens is 350 g/mol. The molecule has 0 aromatic heterocycles. The molecule has 1 unspecified atom stereocenters. The second-order valence-corrected chi connectivity index (χ2v) is 6.81. The Morgan fingerprint density at radius 3 is 2.65 bits per heavy atom.